The number of nitrogens with zero attached hydrogens (tertiary/aromatic N) is 3. The number of rotatable bonds is 8. The normalized spacial score (nSPS) is 17.2. The van der Waals surface area contributed by atoms with E-state index in [1.807, 2.05) is 13.8 Å². The van der Waals surface area contributed by atoms with Gasteiger partial charge in [-0.05, 0) is 26.3 Å². The summed E-state index contributed by atoms with van der Waals surface area (Å²) in [4.78, 5) is 10.4. The van der Waals surface area contributed by atoms with Crippen LogP contribution in [0.25, 0.3) is 0 Å². The average molecular weight is 551 g/mol. The van der Waals surface area contributed by atoms with Gasteiger partial charge in [0.2, 0.25) is 5.88 Å². The molecule has 11 heteroatoms. The zero-order valence-corrected chi connectivity index (χ0v) is 19.6. The number of aromatic nitrogens is 1. The maximum atomic E-state index is 12.6. The third kappa shape index (κ3) is 8.33. The highest BCUT2D eigenvalue weighted by Gasteiger charge is 2.31. The molecule has 2 rings (SSSR count). The molecule has 2 heterocycles. The second-order valence-corrected chi connectivity index (χ2v) is 6.76. The van der Waals surface area contributed by atoms with Gasteiger partial charge in [-0.3, -0.25) is 0 Å². The molecular weight excluding hydrogens is 524 g/mol. The highest BCUT2D eigenvalue weighted by atomic mass is 127. The number of ether oxygens (including phenoxy) is 2. The monoisotopic (exact) mass is 550 g/mol. The summed E-state index contributed by atoms with van der Waals surface area (Å²) in [5.41, 5.74) is -0.909. The number of likely N-dealkylation sites (tertiary alicyclic amines) is 1. The van der Waals surface area contributed by atoms with E-state index in [4.69, 9.17) is 21.1 Å². The van der Waals surface area contributed by atoms with E-state index < -0.39 is 11.7 Å². The molecule has 1 aromatic rings. The number of hydrogen-bond acceptors (Lipinski definition) is 4. The third-order valence-corrected chi connectivity index (χ3v) is 4.48. The van der Waals surface area contributed by atoms with Crippen molar-refractivity contribution in [3.05, 3.63) is 22.8 Å². The molecule has 0 amide bonds. The van der Waals surface area contributed by atoms with E-state index >= 15 is 0 Å². The predicted molar refractivity (Wildman–Crippen MR) is 117 cm³/mol. The molecule has 0 aliphatic carbocycles. The Bertz CT molecular complexity index is 664. The maximum Gasteiger partial charge on any atom is 0.417 e. The van der Waals surface area contributed by atoms with Crippen molar-refractivity contribution in [3.8, 4) is 5.88 Å². The summed E-state index contributed by atoms with van der Waals surface area (Å²) in [7, 11) is 0. The largest absolute Gasteiger partial charge is 0.475 e. The second kappa shape index (κ2) is 12.6. The highest BCUT2D eigenvalue weighted by Crippen LogP contribution is 2.33. The Balaban J connectivity index is 0.00000420. The van der Waals surface area contributed by atoms with E-state index in [1.54, 1.807) is 0 Å². The summed E-state index contributed by atoms with van der Waals surface area (Å²) in [6.45, 7) is 8.42. The Morgan fingerprint density at radius 1 is 1.41 bits per heavy atom. The Kier molecular flexibility index (Phi) is 11.3. The molecule has 1 unspecified atom stereocenters. The van der Waals surface area contributed by atoms with Crippen LogP contribution in [0.5, 0.6) is 5.88 Å². The number of guanidine groups is 1. The Morgan fingerprint density at radius 3 is 2.79 bits per heavy atom. The van der Waals surface area contributed by atoms with Crippen LogP contribution in [0, 0.1) is 5.92 Å². The molecule has 1 N–H and O–H groups in total. The number of pyridine rings is 1. The fourth-order valence-corrected chi connectivity index (χ4v) is 3.07. The molecule has 0 bridgehead atoms. The van der Waals surface area contributed by atoms with Crippen LogP contribution in [0.2, 0.25) is 5.02 Å². The van der Waals surface area contributed by atoms with Crippen molar-refractivity contribution < 1.29 is 22.6 Å². The minimum absolute atomic E-state index is 0. The summed E-state index contributed by atoms with van der Waals surface area (Å²) >= 11 is 5.83. The highest BCUT2D eigenvalue weighted by molar-refractivity contribution is 14.0. The Labute approximate surface area is 191 Å². The third-order valence-electron chi connectivity index (χ3n) is 4.20. The van der Waals surface area contributed by atoms with Crippen molar-refractivity contribution in [1.82, 2.24) is 15.2 Å². The van der Waals surface area contributed by atoms with Crippen molar-refractivity contribution in [2.24, 2.45) is 10.9 Å². The number of halogens is 5. The molecule has 0 radical (unpaired) electrons. The van der Waals surface area contributed by atoms with Gasteiger partial charge in [0.25, 0.3) is 0 Å². The van der Waals surface area contributed by atoms with Crippen LogP contribution in [-0.4, -0.2) is 61.8 Å². The molecule has 1 aliphatic rings. The lowest BCUT2D eigenvalue weighted by Gasteiger charge is -2.21. The molecule has 1 aliphatic heterocycles. The fraction of sp³-hybridized carbons (Fsp3) is 0.667. The van der Waals surface area contributed by atoms with E-state index in [1.165, 1.54) is 0 Å². The van der Waals surface area contributed by atoms with Gasteiger partial charge in [-0.15, -0.1) is 24.0 Å². The molecular formula is C18H27ClF3IN4O2. The minimum atomic E-state index is -4.49. The molecule has 1 fully saturated rings. The second-order valence-electron chi connectivity index (χ2n) is 6.35. The van der Waals surface area contributed by atoms with Crippen LogP contribution >= 0.6 is 35.6 Å². The van der Waals surface area contributed by atoms with Crippen LogP contribution in [0.1, 0.15) is 25.8 Å². The first-order chi connectivity index (χ1) is 13.3. The van der Waals surface area contributed by atoms with Crippen molar-refractivity contribution in [1.29, 1.82) is 0 Å². The standard InChI is InChI=1S/C18H26ClF3N4O2.HI/c1-3-23-17(26-7-5-13(11-26)12-27-4-2)24-6-8-28-16-15(19)9-14(10-25-16)18(20,21)22;/h9-10,13H,3-8,11-12H2,1-2H3,(H,23,24);1H. The Hall–Kier alpha value is -1.01. The molecule has 1 atom stereocenters. The van der Waals surface area contributed by atoms with Gasteiger partial charge in [-0.2, -0.15) is 13.2 Å². The van der Waals surface area contributed by atoms with Gasteiger partial charge in [0, 0.05) is 38.4 Å². The van der Waals surface area contributed by atoms with Crippen LogP contribution in [0.3, 0.4) is 0 Å². The zero-order valence-electron chi connectivity index (χ0n) is 16.5. The van der Waals surface area contributed by atoms with Gasteiger partial charge in [0.15, 0.2) is 5.96 Å². The first-order valence-corrected chi connectivity index (χ1v) is 9.69. The zero-order chi connectivity index (χ0) is 20.6. The average Bonchev–Trinajstić information content (AvgIpc) is 3.11. The van der Waals surface area contributed by atoms with Crippen LogP contribution < -0.4 is 10.1 Å². The van der Waals surface area contributed by atoms with Gasteiger partial charge in [-0.25, -0.2) is 9.98 Å². The summed E-state index contributed by atoms with van der Waals surface area (Å²) in [5.74, 6) is 1.24. The SMILES string of the molecule is CCNC(=NCCOc1ncc(C(F)(F)F)cc1Cl)N1CCC(COCC)C1.I. The maximum absolute atomic E-state index is 12.6. The molecule has 1 saturated heterocycles. The topological polar surface area (TPSA) is 59.0 Å². The van der Waals surface area contributed by atoms with Gasteiger partial charge in [-0.1, -0.05) is 11.6 Å². The first-order valence-electron chi connectivity index (χ1n) is 9.31. The van der Waals surface area contributed by atoms with Crippen molar-refractivity contribution in [2.75, 3.05) is 46.0 Å². The quantitative estimate of drug-likeness (QED) is 0.229. The lowest BCUT2D eigenvalue weighted by atomic mass is 10.1. The van der Waals surface area contributed by atoms with Crippen LogP contribution in [0.15, 0.2) is 17.3 Å². The number of hydrogen-bond donors (Lipinski definition) is 1. The van der Waals surface area contributed by atoms with E-state index in [2.05, 4.69) is 20.2 Å². The molecule has 1 aromatic heterocycles. The van der Waals surface area contributed by atoms with Crippen LogP contribution in [-0.2, 0) is 10.9 Å². The first kappa shape index (κ1) is 26.0. The van der Waals surface area contributed by atoms with Gasteiger partial charge in [0.1, 0.15) is 11.6 Å². The van der Waals surface area contributed by atoms with Crippen molar-refractivity contribution in [2.45, 2.75) is 26.4 Å². The van der Waals surface area contributed by atoms with Gasteiger partial charge >= 0.3 is 6.18 Å². The van der Waals surface area contributed by atoms with Gasteiger partial charge in [0.05, 0.1) is 18.7 Å². The van der Waals surface area contributed by atoms with Crippen LogP contribution in [0.4, 0.5) is 13.2 Å². The van der Waals surface area contributed by atoms with Crippen molar-refractivity contribution >= 4 is 41.5 Å². The molecule has 166 valence electrons. The van der Waals surface area contributed by atoms with E-state index in [9.17, 15) is 13.2 Å². The van der Waals surface area contributed by atoms with Crippen molar-refractivity contribution in [3.63, 3.8) is 0 Å². The number of aliphatic imine (C=N–C) groups is 1. The fourth-order valence-electron chi connectivity index (χ4n) is 2.85. The lowest BCUT2D eigenvalue weighted by Crippen LogP contribution is -2.40. The minimum Gasteiger partial charge on any atom is -0.475 e. The summed E-state index contributed by atoms with van der Waals surface area (Å²) < 4.78 is 48.8. The van der Waals surface area contributed by atoms with Gasteiger partial charge < -0.3 is 19.7 Å². The number of nitrogens with one attached hydrogen (secondary N) is 1. The van der Waals surface area contributed by atoms with E-state index in [0.717, 1.165) is 44.7 Å². The molecule has 0 saturated carbocycles. The predicted octanol–water partition coefficient (Wildman–Crippen LogP) is 4.07. The van der Waals surface area contributed by atoms with E-state index in [0.29, 0.717) is 25.3 Å². The summed E-state index contributed by atoms with van der Waals surface area (Å²) in [5, 5.41) is 3.07. The summed E-state index contributed by atoms with van der Waals surface area (Å²) in [6.07, 6.45) is -2.74. The van der Waals surface area contributed by atoms with E-state index in [-0.39, 0.29) is 41.5 Å². The molecule has 0 aromatic carbocycles. The smallest absolute Gasteiger partial charge is 0.417 e. The number of alkyl halides is 3. The molecule has 6 nitrogen and oxygen atoms in total. The molecule has 29 heavy (non-hydrogen) atoms. The molecule has 0 spiro atoms. The Morgan fingerprint density at radius 2 is 2.17 bits per heavy atom. The summed E-state index contributed by atoms with van der Waals surface area (Å²) in [6, 6.07) is 0.806. The lowest BCUT2D eigenvalue weighted by molar-refractivity contribution is -0.137.